The van der Waals surface area contributed by atoms with Crippen molar-refractivity contribution >= 4 is 11.9 Å². The molecule has 3 aromatic rings. The Bertz CT molecular complexity index is 1050. The van der Waals surface area contributed by atoms with E-state index in [4.69, 9.17) is 5.73 Å². The highest BCUT2D eigenvalue weighted by atomic mass is 16.2. The van der Waals surface area contributed by atoms with Gasteiger partial charge in [-0.15, -0.1) is 0 Å². The zero-order valence-corrected chi connectivity index (χ0v) is 15.0. The highest BCUT2D eigenvalue weighted by Crippen LogP contribution is 2.40. The van der Waals surface area contributed by atoms with E-state index >= 15 is 0 Å². The first kappa shape index (κ1) is 16.8. The molecule has 1 aromatic carbocycles. The minimum atomic E-state index is -1.24. The predicted molar refractivity (Wildman–Crippen MR) is 102 cm³/mol. The molecule has 1 aliphatic heterocycles. The van der Waals surface area contributed by atoms with Gasteiger partial charge in [-0.2, -0.15) is 0 Å². The third-order valence-corrected chi connectivity index (χ3v) is 4.73. The number of guanidine groups is 1. The lowest BCUT2D eigenvalue weighted by Gasteiger charge is -2.26. The number of pyridine rings is 1. The molecule has 0 spiro atoms. The molecule has 4 rings (SSSR count). The lowest BCUT2D eigenvalue weighted by Crippen LogP contribution is -2.41. The number of hydrogen-bond acceptors (Lipinski definition) is 6. The number of benzene rings is 1. The molecule has 0 saturated carbocycles. The van der Waals surface area contributed by atoms with Gasteiger partial charge in [-0.1, -0.05) is 18.2 Å². The molecular formula is C20H18N6O. The third kappa shape index (κ3) is 2.64. The average molecular weight is 358 g/mol. The van der Waals surface area contributed by atoms with Gasteiger partial charge in [0.05, 0.1) is 0 Å². The van der Waals surface area contributed by atoms with E-state index in [2.05, 4.69) is 19.9 Å². The summed E-state index contributed by atoms with van der Waals surface area (Å²) in [5.41, 5.74) is 8.80. The van der Waals surface area contributed by atoms with Crippen LogP contribution in [0.5, 0.6) is 0 Å². The summed E-state index contributed by atoms with van der Waals surface area (Å²) in [6.07, 6.45) is 6.62. The summed E-state index contributed by atoms with van der Waals surface area (Å²) >= 11 is 0. The minimum absolute atomic E-state index is 0.183. The second-order valence-electron chi connectivity index (χ2n) is 6.44. The zero-order valence-electron chi connectivity index (χ0n) is 15.0. The van der Waals surface area contributed by atoms with Crippen LogP contribution in [-0.4, -0.2) is 38.8 Å². The van der Waals surface area contributed by atoms with Crippen molar-refractivity contribution in [2.24, 2.45) is 10.7 Å². The van der Waals surface area contributed by atoms with Crippen LogP contribution >= 0.6 is 0 Å². The number of carbonyl (C=O) groups excluding carboxylic acids is 1. The van der Waals surface area contributed by atoms with Crippen LogP contribution in [0.3, 0.4) is 0 Å². The van der Waals surface area contributed by atoms with E-state index in [0.29, 0.717) is 0 Å². The highest BCUT2D eigenvalue weighted by Gasteiger charge is 2.49. The summed E-state index contributed by atoms with van der Waals surface area (Å²) < 4.78 is 0. The van der Waals surface area contributed by atoms with E-state index in [1.54, 1.807) is 31.7 Å². The molecule has 3 heterocycles. The van der Waals surface area contributed by atoms with Crippen LogP contribution in [0.2, 0.25) is 0 Å². The molecule has 0 saturated heterocycles. The number of aliphatic imine (C=N–C) groups is 1. The van der Waals surface area contributed by atoms with Crippen molar-refractivity contribution in [3.05, 3.63) is 78.1 Å². The topological polar surface area (TPSA) is 97.4 Å². The average Bonchev–Trinajstić information content (AvgIpc) is 2.94. The molecule has 134 valence electrons. The van der Waals surface area contributed by atoms with E-state index in [1.165, 1.54) is 11.2 Å². The maximum Gasteiger partial charge on any atom is 0.266 e. The quantitative estimate of drug-likeness (QED) is 0.771. The summed E-state index contributed by atoms with van der Waals surface area (Å²) in [7, 11) is 1.63. The largest absolute Gasteiger partial charge is 0.369 e. The van der Waals surface area contributed by atoms with Crippen molar-refractivity contribution in [3.8, 4) is 11.1 Å². The van der Waals surface area contributed by atoms with Gasteiger partial charge in [0.1, 0.15) is 6.33 Å². The number of rotatable bonds is 3. The minimum Gasteiger partial charge on any atom is -0.369 e. The normalized spacial score (nSPS) is 19.3. The number of nitrogens with two attached hydrogens (primary N) is 1. The second-order valence-corrected chi connectivity index (χ2v) is 6.44. The van der Waals surface area contributed by atoms with E-state index < -0.39 is 5.54 Å². The standard InChI is InChI=1S/C20H18N6O/c1-13-8-17(6-7-24-13)20(18(27)26(2)19(21)25-20)16-5-3-4-14(9-16)15-10-22-12-23-11-15/h3-12H,1-2H3,(H2,21,25). The summed E-state index contributed by atoms with van der Waals surface area (Å²) in [6.45, 7) is 1.88. The van der Waals surface area contributed by atoms with Gasteiger partial charge in [0.25, 0.3) is 5.91 Å². The molecule has 0 radical (unpaired) electrons. The fourth-order valence-corrected chi connectivity index (χ4v) is 3.33. The molecule has 1 atom stereocenters. The van der Waals surface area contributed by atoms with Crippen LogP contribution in [0.1, 0.15) is 16.8 Å². The lowest BCUT2D eigenvalue weighted by molar-refractivity contribution is -0.129. The van der Waals surface area contributed by atoms with Crippen molar-refractivity contribution < 1.29 is 4.79 Å². The molecule has 7 heteroatoms. The maximum absolute atomic E-state index is 13.3. The maximum atomic E-state index is 13.3. The van der Waals surface area contributed by atoms with Gasteiger partial charge >= 0.3 is 0 Å². The van der Waals surface area contributed by atoms with Gasteiger partial charge in [0.2, 0.25) is 0 Å². The van der Waals surface area contributed by atoms with Crippen LogP contribution in [0.25, 0.3) is 11.1 Å². The number of aryl methyl sites for hydroxylation is 1. The second kappa shape index (κ2) is 6.28. The van der Waals surface area contributed by atoms with E-state index in [0.717, 1.165) is 27.9 Å². The summed E-state index contributed by atoms with van der Waals surface area (Å²) in [5.74, 6) is -0.0185. The first-order valence-electron chi connectivity index (χ1n) is 8.45. The fourth-order valence-electron chi connectivity index (χ4n) is 3.33. The Kier molecular flexibility index (Phi) is 3.92. The van der Waals surface area contributed by atoms with Crippen molar-refractivity contribution in [1.29, 1.82) is 0 Å². The van der Waals surface area contributed by atoms with Crippen LogP contribution < -0.4 is 5.73 Å². The van der Waals surface area contributed by atoms with Gasteiger partial charge in [-0.3, -0.25) is 14.7 Å². The van der Waals surface area contributed by atoms with Crippen molar-refractivity contribution in [1.82, 2.24) is 19.9 Å². The van der Waals surface area contributed by atoms with Crippen LogP contribution in [0.15, 0.2) is 66.3 Å². The zero-order chi connectivity index (χ0) is 19.0. The van der Waals surface area contributed by atoms with Gasteiger partial charge in [0, 0.05) is 36.9 Å². The van der Waals surface area contributed by atoms with E-state index in [9.17, 15) is 4.79 Å². The highest BCUT2D eigenvalue weighted by molar-refractivity contribution is 6.09. The van der Waals surface area contributed by atoms with Gasteiger partial charge < -0.3 is 5.73 Å². The summed E-state index contributed by atoms with van der Waals surface area (Å²) in [6, 6.07) is 11.3. The summed E-state index contributed by atoms with van der Waals surface area (Å²) in [4.78, 5) is 31.7. The molecule has 0 fully saturated rings. The van der Waals surface area contributed by atoms with Crippen LogP contribution in [0.4, 0.5) is 0 Å². The van der Waals surface area contributed by atoms with E-state index in [1.807, 2.05) is 37.3 Å². The van der Waals surface area contributed by atoms with Crippen molar-refractivity contribution in [3.63, 3.8) is 0 Å². The van der Waals surface area contributed by atoms with Crippen molar-refractivity contribution in [2.45, 2.75) is 12.5 Å². The third-order valence-electron chi connectivity index (χ3n) is 4.73. The molecule has 2 aromatic heterocycles. The Labute approximate surface area is 156 Å². The summed E-state index contributed by atoms with van der Waals surface area (Å²) in [5, 5.41) is 0. The fraction of sp³-hybridized carbons (Fsp3) is 0.150. The Morgan fingerprint density at radius 2 is 1.78 bits per heavy atom. The SMILES string of the molecule is Cc1cc(C2(c3cccc(-c4cncnc4)c3)N=C(N)N(C)C2=O)ccn1. The van der Waals surface area contributed by atoms with Crippen LogP contribution in [0, 0.1) is 6.92 Å². The number of nitrogens with zero attached hydrogens (tertiary/aromatic N) is 5. The first-order valence-corrected chi connectivity index (χ1v) is 8.45. The van der Waals surface area contributed by atoms with Gasteiger partial charge in [-0.25, -0.2) is 15.0 Å². The first-order chi connectivity index (χ1) is 13.0. The molecule has 2 N–H and O–H groups in total. The molecule has 1 amide bonds. The molecule has 7 nitrogen and oxygen atoms in total. The molecule has 1 unspecified atom stereocenters. The molecule has 1 aliphatic rings. The smallest absolute Gasteiger partial charge is 0.266 e. The molecule has 27 heavy (non-hydrogen) atoms. The number of aromatic nitrogens is 3. The lowest BCUT2D eigenvalue weighted by atomic mass is 9.82. The molecule has 0 aliphatic carbocycles. The Hall–Kier alpha value is -3.61. The monoisotopic (exact) mass is 358 g/mol. The number of likely N-dealkylation sites (N-methyl/N-ethyl adjacent to an activating group) is 1. The van der Waals surface area contributed by atoms with Crippen LogP contribution in [-0.2, 0) is 10.3 Å². The Balaban J connectivity index is 1.95. The molecule has 0 bridgehead atoms. The Morgan fingerprint density at radius 3 is 2.44 bits per heavy atom. The predicted octanol–water partition coefficient (Wildman–Crippen LogP) is 1.88. The van der Waals surface area contributed by atoms with Gasteiger partial charge in [0.15, 0.2) is 11.5 Å². The Morgan fingerprint density at radius 1 is 1.04 bits per heavy atom. The number of carbonyl (C=O) groups is 1. The number of hydrogen-bond donors (Lipinski definition) is 1. The van der Waals surface area contributed by atoms with Gasteiger partial charge in [-0.05, 0) is 41.8 Å². The van der Waals surface area contributed by atoms with Crippen molar-refractivity contribution in [2.75, 3.05) is 7.05 Å². The number of amides is 1. The molecular weight excluding hydrogens is 340 g/mol. The van der Waals surface area contributed by atoms with E-state index in [-0.39, 0.29) is 11.9 Å².